The Morgan fingerprint density at radius 2 is 2.05 bits per heavy atom. The fourth-order valence-corrected chi connectivity index (χ4v) is 1.89. The van der Waals surface area contributed by atoms with E-state index in [1.807, 2.05) is 37.3 Å². The van der Waals surface area contributed by atoms with Gasteiger partial charge in [0.05, 0.1) is 12.3 Å². The van der Waals surface area contributed by atoms with Crippen molar-refractivity contribution in [1.82, 2.24) is 0 Å². The van der Waals surface area contributed by atoms with E-state index in [1.54, 1.807) is 12.1 Å². The zero-order valence-corrected chi connectivity index (χ0v) is 11.2. The largest absolute Gasteiger partial charge is 0.494 e. The van der Waals surface area contributed by atoms with Crippen molar-refractivity contribution in [2.45, 2.75) is 13.5 Å². The van der Waals surface area contributed by atoms with Crippen LogP contribution in [0.25, 0.3) is 0 Å². The summed E-state index contributed by atoms with van der Waals surface area (Å²) in [7, 11) is 0. The van der Waals surface area contributed by atoms with Gasteiger partial charge in [-0.1, -0.05) is 18.2 Å². The molecular weight excluding hydrogens is 255 g/mol. The number of ether oxygens (including phenoxy) is 1. The van der Waals surface area contributed by atoms with Crippen LogP contribution in [0, 0.1) is 17.1 Å². The third-order valence-electron chi connectivity index (χ3n) is 2.82. The third kappa shape index (κ3) is 3.27. The quantitative estimate of drug-likeness (QED) is 0.900. The van der Waals surface area contributed by atoms with Crippen molar-refractivity contribution in [2.24, 2.45) is 0 Å². The van der Waals surface area contributed by atoms with Crippen LogP contribution in [0.15, 0.2) is 42.5 Å². The number of nitrogens with zero attached hydrogens (tertiary/aromatic N) is 1. The van der Waals surface area contributed by atoms with E-state index < -0.39 is 5.82 Å². The molecule has 0 aliphatic heterocycles. The second-order valence-electron chi connectivity index (χ2n) is 4.21. The molecule has 20 heavy (non-hydrogen) atoms. The summed E-state index contributed by atoms with van der Waals surface area (Å²) < 4.78 is 18.9. The van der Waals surface area contributed by atoms with Gasteiger partial charge in [-0.2, -0.15) is 5.26 Å². The van der Waals surface area contributed by atoms with E-state index in [2.05, 4.69) is 5.32 Å². The van der Waals surface area contributed by atoms with E-state index in [-0.39, 0.29) is 5.56 Å². The molecule has 1 N–H and O–H groups in total. The number of anilines is 1. The summed E-state index contributed by atoms with van der Waals surface area (Å²) in [6, 6.07) is 14.1. The van der Waals surface area contributed by atoms with E-state index in [4.69, 9.17) is 10.00 Å². The molecule has 0 fully saturated rings. The molecule has 0 unspecified atom stereocenters. The lowest BCUT2D eigenvalue weighted by atomic mass is 10.1. The van der Waals surface area contributed by atoms with E-state index >= 15 is 0 Å². The number of nitrogens with one attached hydrogen (secondary N) is 1. The molecule has 0 radical (unpaired) electrons. The van der Waals surface area contributed by atoms with Gasteiger partial charge >= 0.3 is 0 Å². The molecule has 0 amide bonds. The molecule has 0 aliphatic rings. The average molecular weight is 270 g/mol. The highest BCUT2D eigenvalue weighted by atomic mass is 19.1. The molecule has 0 aromatic heterocycles. The van der Waals surface area contributed by atoms with Crippen LogP contribution in [0.3, 0.4) is 0 Å². The molecule has 2 aromatic carbocycles. The van der Waals surface area contributed by atoms with Crippen LogP contribution in [0.1, 0.15) is 18.1 Å². The summed E-state index contributed by atoms with van der Waals surface area (Å²) in [6.45, 7) is 3.04. The molecule has 102 valence electrons. The van der Waals surface area contributed by atoms with Gasteiger partial charge in [-0.05, 0) is 36.8 Å². The van der Waals surface area contributed by atoms with Crippen molar-refractivity contribution in [3.63, 3.8) is 0 Å². The molecule has 0 saturated heterocycles. The Morgan fingerprint density at radius 3 is 2.80 bits per heavy atom. The predicted octanol–water partition coefficient (Wildman–Crippen LogP) is 3.71. The molecule has 0 saturated carbocycles. The lowest BCUT2D eigenvalue weighted by Gasteiger charge is -2.10. The van der Waals surface area contributed by atoms with Crippen molar-refractivity contribution in [1.29, 1.82) is 5.26 Å². The van der Waals surface area contributed by atoms with E-state index in [0.29, 0.717) is 18.8 Å². The second-order valence-corrected chi connectivity index (χ2v) is 4.21. The van der Waals surface area contributed by atoms with Crippen LogP contribution in [0.4, 0.5) is 10.1 Å². The fraction of sp³-hybridized carbons (Fsp3) is 0.188. The van der Waals surface area contributed by atoms with E-state index in [9.17, 15) is 4.39 Å². The maximum atomic E-state index is 13.5. The minimum absolute atomic E-state index is 0.0356. The number of hydrogen-bond acceptors (Lipinski definition) is 3. The topological polar surface area (TPSA) is 45.0 Å². The molecular formula is C16H15FN2O. The van der Waals surface area contributed by atoms with Crippen molar-refractivity contribution in [3.05, 3.63) is 59.4 Å². The Balaban J connectivity index is 2.11. The first-order chi connectivity index (χ1) is 9.74. The first kappa shape index (κ1) is 13.9. The fourth-order valence-electron chi connectivity index (χ4n) is 1.89. The lowest BCUT2D eigenvalue weighted by molar-refractivity contribution is 0.340. The van der Waals surface area contributed by atoms with Gasteiger partial charge in [0, 0.05) is 6.54 Å². The number of benzene rings is 2. The second kappa shape index (κ2) is 6.58. The van der Waals surface area contributed by atoms with E-state index in [1.165, 1.54) is 6.07 Å². The first-order valence-corrected chi connectivity index (χ1v) is 6.38. The highest BCUT2D eigenvalue weighted by molar-refractivity contribution is 5.58. The van der Waals surface area contributed by atoms with Gasteiger partial charge < -0.3 is 10.1 Å². The SMILES string of the molecule is CCOc1cccc(CNc2cccc(F)c2C#N)c1. The standard InChI is InChI=1S/C16H15FN2O/c1-2-20-13-6-3-5-12(9-13)11-19-16-8-4-7-15(17)14(16)10-18/h3-9,19H,2,11H2,1H3. The maximum absolute atomic E-state index is 13.5. The van der Waals surface area contributed by atoms with Crippen LogP contribution < -0.4 is 10.1 Å². The Morgan fingerprint density at radius 1 is 1.25 bits per heavy atom. The molecule has 2 aromatic rings. The van der Waals surface area contributed by atoms with Crippen molar-refractivity contribution in [3.8, 4) is 11.8 Å². The van der Waals surface area contributed by atoms with Crippen LogP contribution in [-0.2, 0) is 6.54 Å². The summed E-state index contributed by atoms with van der Waals surface area (Å²) in [5.74, 6) is 0.284. The van der Waals surface area contributed by atoms with Gasteiger partial charge in [-0.15, -0.1) is 0 Å². The van der Waals surface area contributed by atoms with Gasteiger partial charge in [-0.25, -0.2) is 4.39 Å². The van der Waals surface area contributed by atoms with Crippen molar-refractivity contribution < 1.29 is 9.13 Å². The van der Waals surface area contributed by atoms with Gasteiger partial charge in [0.1, 0.15) is 23.2 Å². The highest BCUT2D eigenvalue weighted by Gasteiger charge is 2.07. The van der Waals surface area contributed by atoms with Crippen LogP contribution >= 0.6 is 0 Å². The average Bonchev–Trinajstić information content (AvgIpc) is 2.46. The molecule has 0 bridgehead atoms. The summed E-state index contributed by atoms with van der Waals surface area (Å²) in [4.78, 5) is 0. The Hall–Kier alpha value is -2.54. The first-order valence-electron chi connectivity index (χ1n) is 6.38. The number of halogens is 1. The maximum Gasteiger partial charge on any atom is 0.143 e. The minimum Gasteiger partial charge on any atom is -0.494 e. The van der Waals surface area contributed by atoms with E-state index in [0.717, 1.165) is 11.3 Å². The molecule has 0 heterocycles. The van der Waals surface area contributed by atoms with Gasteiger partial charge in [0.25, 0.3) is 0 Å². The van der Waals surface area contributed by atoms with Gasteiger partial charge in [0.15, 0.2) is 0 Å². The summed E-state index contributed by atoms with van der Waals surface area (Å²) in [5, 5.41) is 12.0. The predicted molar refractivity (Wildman–Crippen MR) is 76.1 cm³/mol. The molecule has 2 rings (SSSR count). The van der Waals surface area contributed by atoms with Crippen molar-refractivity contribution >= 4 is 5.69 Å². The Kier molecular flexibility index (Phi) is 4.56. The highest BCUT2D eigenvalue weighted by Crippen LogP contribution is 2.20. The molecule has 4 heteroatoms. The van der Waals surface area contributed by atoms with Crippen LogP contribution in [0.5, 0.6) is 5.75 Å². The number of rotatable bonds is 5. The monoisotopic (exact) mass is 270 g/mol. The van der Waals surface area contributed by atoms with Gasteiger partial charge in [-0.3, -0.25) is 0 Å². The smallest absolute Gasteiger partial charge is 0.143 e. The van der Waals surface area contributed by atoms with Crippen molar-refractivity contribution in [2.75, 3.05) is 11.9 Å². The molecule has 3 nitrogen and oxygen atoms in total. The Bertz CT molecular complexity index is 635. The zero-order valence-electron chi connectivity index (χ0n) is 11.2. The summed E-state index contributed by atoms with van der Waals surface area (Å²) in [6.07, 6.45) is 0. The van der Waals surface area contributed by atoms with Crippen LogP contribution in [0.2, 0.25) is 0 Å². The number of nitriles is 1. The summed E-state index contributed by atoms with van der Waals surface area (Å²) >= 11 is 0. The normalized spacial score (nSPS) is 9.85. The lowest BCUT2D eigenvalue weighted by Crippen LogP contribution is -2.03. The summed E-state index contributed by atoms with van der Waals surface area (Å²) in [5.41, 5.74) is 1.53. The Labute approximate surface area is 117 Å². The third-order valence-corrected chi connectivity index (χ3v) is 2.82. The van der Waals surface area contributed by atoms with Crippen LogP contribution in [-0.4, -0.2) is 6.61 Å². The minimum atomic E-state index is -0.513. The van der Waals surface area contributed by atoms with Gasteiger partial charge in [0.2, 0.25) is 0 Å². The molecule has 0 aliphatic carbocycles. The molecule has 0 spiro atoms. The molecule has 0 atom stereocenters. The zero-order chi connectivity index (χ0) is 14.4. The number of hydrogen-bond donors (Lipinski definition) is 1.